The predicted octanol–water partition coefficient (Wildman–Crippen LogP) is 2.39. The van der Waals surface area contributed by atoms with Gasteiger partial charge in [0.1, 0.15) is 6.10 Å². The molecule has 0 fully saturated rings. The first-order chi connectivity index (χ1) is 8.54. The fraction of sp³-hybridized carbons (Fsp3) is 0.286. The van der Waals surface area contributed by atoms with Gasteiger partial charge in [-0.3, -0.25) is 4.79 Å². The molecule has 0 aliphatic carbocycles. The highest BCUT2D eigenvalue weighted by Gasteiger charge is 2.23. The minimum absolute atomic E-state index is 0.0900. The molecule has 1 unspecified atom stereocenters. The molecule has 1 heterocycles. The van der Waals surface area contributed by atoms with Crippen LogP contribution in [0.3, 0.4) is 0 Å². The molecule has 0 aromatic rings. The normalized spacial score (nSPS) is 20.3. The van der Waals surface area contributed by atoms with E-state index in [0.29, 0.717) is 11.1 Å². The highest BCUT2D eigenvalue weighted by Crippen LogP contribution is 2.22. The molecular formula is C14H16O4. The molecule has 0 spiro atoms. The summed E-state index contributed by atoms with van der Waals surface area (Å²) in [4.78, 5) is 22.1. The average Bonchev–Trinajstić information content (AvgIpc) is 2.31. The Morgan fingerprint density at radius 3 is 2.89 bits per heavy atom. The molecule has 1 aliphatic rings. The van der Waals surface area contributed by atoms with Gasteiger partial charge in [-0.1, -0.05) is 24.8 Å². The number of carboxylic acids is 1. The molecule has 0 saturated heterocycles. The fourth-order valence-corrected chi connectivity index (χ4v) is 1.49. The van der Waals surface area contributed by atoms with Crippen LogP contribution in [-0.2, 0) is 14.3 Å². The number of ether oxygens (including phenoxy) is 1. The Bertz CT molecular complexity index is 441. The quantitative estimate of drug-likeness (QED) is 0.465. The minimum Gasteiger partial charge on any atom is -0.481 e. The van der Waals surface area contributed by atoms with Crippen LogP contribution >= 0.6 is 0 Å². The molecule has 1 N–H and O–H groups in total. The van der Waals surface area contributed by atoms with Crippen molar-refractivity contribution in [3.8, 4) is 0 Å². The number of carbonyl (C=O) groups excluding carboxylic acids is 1. The number of cyclic esters (lactones) is 1. The van der Waals surface area contributed by atoms with E-state index in [0.717, 1.165) is 0 Å². The van der Waals surface area contributed by atoms with Crippen molar-refractivity contribution in [2.24, 2.45) is 0 Å². The largest absolute Gasteiger partial charge is 0.481 e. The van der Waals surface area contributed by atoms with Crippen molar-refractivity contribution in [1.29, 1.82) is 0 Å². The van der Waals surface area contributed by atoms with E-state index in [9.17, 15) is 9.59 Å². The van der Waals surface area contributed by atoms with Crippen LogP contribution in [0.1, 0.15) is 19.8 Å². The summed E-state index contributed by atoms with van der Waals surface area (Å²) in [5.74, 6) is -1.41. The van der Waals surface area contributed by atoms with Crippen molar-refractivity contribution in [2.75, 3.05) is 0 Å². The highest BCUT2D eigenvalue weighted by molar-refractivity contribution is 5.91. The molecule has 0 amide bonds. The van der Waals surface area contributed by atoms with Crippen LogP contribution in [0.4, 0.5) is 0 Å². The first-order valence-corrected chi connectivity index (χ1v) is 5.66. The molecule has 0 saturated carbocycles. The van der Waals surface area contributed by atoms with E-state index in [2.05, 4.69) is 6.58 Å². The second-order valence-electron chi connectivity index (χ2n) is 3.87. The van der Waals surface area contributed by atoms with Gasteiger partial charge in [-0.05, 0) is 31.1 Å². The first-order valence-electron chi connectivity index (χ1n) is 5.66. The molecule has 0 bridgehead atoms. The molecule has 1 rings (SSSR count). The van der Waals surface area contributed by atoms with Crippen LogP contribution in [0.15, 0.2) is 48.1 Å². The Morgan fingerprint density at radius 2 is 2.28 bits per heavy atom. The van der Waals surface area contributed by atoms with Crippen molar-refractivity contribution in [3.63, 3.8) is 0 Å². The molecule has 18 heavy (non-hydrogen) atoms. The van der Waals surface area contributed by atoms with Gasteiger partial charge >= 0.3 is 11.9 Å². The van der Waals surface area contributed by atoms with Gasteiger partial charge in [-0.2, -0.15) is 0 Å². The SMILES string of the molecule is C=C1[13CH]=C([13CH2]C[13C](=O)O)C(=O)O[13CH]1/C=[13CH]/C=[13CH]/C. The van der Waals surface area contributed by atoms with Crippen molar-refractivity contribution < 1.29 is 19.4 Å². The maximum Gasteiger partial charge on any atom is 0.334 e. The fourth-order valence-electron chi connectivity index (χ4n) is 1.49. The van der Waals surface area contributed by atoms with Gasteiger partial charge in [0.25, 0.3) is 0 Å². The summed E-state index contributed by atoms with van der Waals surface area (Å²) in [5.41, 5.74) is 1.01. The Balaban J connectivity index is 2.71. The third-order valence-electron chi connectivity index (χ3n) is 2.42. The van der Waals surface area contributed by atoms with Crippen LogP contribution < -0.4 is 0 Å². The van der Waals surface area contributed by atoms with Crippen molar-refractivity contribution >= 4 is 11.9 Å². The lowest BCUT2D eigenvalue weighted by Gasteiger charge is -2.21. The van der Waals surface area contributed by atoms with Gasteiger partial charge in [0.05, 0.1) is 0 Å². The first kappa shape index (κ1) is 14.0. The Kier molecular flexibility index (Phi) is 5.11. The van der Waals surface area contributed by atoms with E-state index in [1.807, 2.05) is 19.1 Å². The van der Waals surface area contributed by atoms with Crippen LogP contribution in [0, 0.1) is 0 Å². The zero-order chi connectivity index (χ0) is 13.5. The second kappa shape index (κ2) is 6.59. The monoisotopic (exact) mass is 254 g/mol. The Labute approximate surface area is 106 Å². The summed E-state index contributed by atoms with van der Waals surface area (Å²) in [6, 6.07) is 0. The summed E-state index contributed by atoms with van der Waals surface area (Å²) in [6.07, 6.45) is 8.40. The topological polar surface area (TPSA) is 63.6 Å². The lowest BCUT2D eigenvalue weighted by atomic mass is 10.3. The molecule has 0 radical (unpaired) electrons. The number of allylic oxidation sites excluding steroid dienone is 3. The Hall–Kier alpha value is -2.10. The third-order valence-corrected chi connectivity index (χ3v) is 2.42. The standard InChI is InChI=1S/C14H16O4/c1-3-4-5-6-12-10(2)9-11(14(17)18-12)7-8-13(15)16/h3-6,9,12H,2,7-8H2,1H3,(H,15,16)/b4-3+,6-5+/i3+1,5+1,7+1,9+1,12+1,13+1. The molecule has 96 valence electrons. The highest BCUT2D eigenvalue weighted by atomic mass is 16.6. The number of carboxylic acid groups (broad SMARTS) is 1. The molecule has 4 heteroatoms. The van der Waals surface area contributed by atoms with Crippen molar-refractivity contribution in [1.82, 2.24) is 0 Å². The molecule has 4 nitrogen and oxygen atoms in total. The van der Waals surface area contributed by atoms with E-state index in [4.69, 9.17) is 9.84 Å². The van der Waals surface area contributed by atoms with Crippen molar-refractivity contribution in [2.45, 2.75) is 25.9 Å². The zero-order valence-corrected chi connectivity index (χ0v) is 10.3. The number of rotatable bonds is 5. The minimum atomic E-state index is -0.940. The van der Waals surface area contributed by atoms with Gasteiger partial charge in [-0.25, -0.2) is 4.79 Å². The van der Waals surface area contributed by atoms with Gasteiger partial charge in [0.2, 0.25) is 0 Å². The number of aliphatic carboxylic acids is 1. The molecule has 0 aromatic carbocycles. The van der Waals surface area contributed by atoms with Gasteiger partial charge in [0, 0.05) is 12.0 Å². The summed E-state index contributed by atoms with van der Waals surface area (Å²) >= 11 is 0. The molecule has 1 aliphatic heterocycles. The van der Waals surface area contributed by atoms with Crippen LogP contribution in [0.25, 0.3) is 0 Å². The van der Waals surface area contributed by atoms with Gasteiger partial charge < -0.3 is 9.84 Å². The number of carbonyl (C=O) groups is 2. The molecule has 0 aromatic heterocycles. The third kappa shape index (κ3) is 4.05. The Morgan fingerprint density at radius 1 is 1.56 bits per heavy atom. The summed E-state index contributed by atoms with van der Waals surface area (Å²) < 4.78 is 5.17. The maximum atomic E-state index is 11.6. The lowest BCUT2D eigenvalue weighted by molar-refractivity contribution is -0.141. The molecular weight excluding hydrogens is 238 g/mol. The summed E-state index contributed by atoms with van der Waals surface area (Å²) in [6.45, 7) is 5.69. The number of hydrogen-bond acceptors (Lipinski definition) is 3. The van der Waals surface area contributed by atoms with Crippen LogP contribution in [0.2, 0.25) is 0 Å². The number of hydrogen-bond donors (Lipinski definition) is 1. The summed E-state index contributed by atoms with van der Waals surface area (Å²) in [5, 5.41) is 8.57. The van der Waals surface area contributed by atoms with E-state index in [1.54, 1.807) is 18.2 Å². The van der Waals surface area contributed by atoms with Gasteiger partial charge in [0.15, 0.2) is 0 Å². The smallest absolute Gasteiger partial charge is 0.334 e. The zero-order valence-electron chi connectivity index (χ0n) is 10.3. The van der Waals surface area contributed by atoms with E-state index in [-0.39, 0.29) is 12.8 Å². The van der Waals surface area contributed by atoms with Crippen molar-refractivity contribution in [3.05, 3.63) is 48.1 Å². The van der Waals surface area contributed by atoms with E-state index < -0.39 is 18.0 Å². The lowest BCUT2D eigenvalue weighted by Crippen LogP contribution is -2.24. The predicted molar refractivity (Wildman–Crippen MR) is 67.9 cm³/mol. The van der Waals surface area contributed by atoms with E-state index in [1.165, 1.54) is 0 Å². The molecule has 1 atom stereocenters. The number of esters is 1. The average molecular weight is 254 g/mol. The van der Waals surface area contributed by atoms with Crippen LogP contribution in [-0.4, -0.2) is 23.1 Å². The maximum absolute atomic E-state index is 11.6. The van der Waals surface area contributed by atoms with Gasteiger partial charge in [-0.15, -0.1) is 0 Å². The van der Waals surface area contributed by atoms with E-state index >= 15 is 0 Å². The summed E-state index contributed by atoms with van der Waals surface area (Å²) in [7, 11) is 0. The van der Waals surface area contributed by atoms with Crippen LogP contribution in [0.5, 0.6) is 0 Å². The second-order valence-corrected chi connectivity index (χ2v) is 3.87.